The van der Waals surface area contributed by atoms with Crippen LogP contribution >= 0.6 is 0 Å². The molecule has 0 bridgehead atoms. The summed E-state index contributed by atoms with van der Waals surface area (Å²) < 4.78 is 28.3. The second-order valence-corrected chi connectivity index (χ2v) is 8.09. The lowest BCUT2D eigenvalue weighted by molar-refractivity contribution is 0.600. The van der Waals surface area contributed by atoms with Crippen LogP contribution in [0.4, 0.5) is 5.69 Å². The number of fused-ring (bicyclic) bond motifs is 1. The van der Waals surface area contributed by atoms with Crippen molar-refractivity contribution in [3.63, 3.8) is 0 Å². The number of rotatable bonds is 6. The maximum absolute atomic E-state index is 12.0. The Kier molecular flexibility index (Phi) is 4.74. The van der Waals surface area contributed by atoms with Crippen LogP contribution in [0, 0.1) is 0 Å². The molecule has 1 aromatic carbocycles. The molecule has 142 valence electrons. The summed E-state index contributed by atoms with van der Waals surface area (Å²) >= 11 is 0. The van der Waals surface area contributed by atoms with E-state index in [-0.39, 0.29) is 5.75 Å². The zero-order chi connectivity index (χ0) is 19.6. The Bertz CT molecular complexity index is 1220. The van der Waals surface area contributed by atoms with Gasteiger partial charge in [-0.1, -0.05) is 19.1 Å². The minimum Gasteiger partial charge on any atom is -0.284 e. The summed E-state index contributed by atoms with van der Waals surface area (Å²) in [6.45, 7) is 1.83. The number of sulfonamides is 1. The molecule has 28 heavy (non-hydrogen) atoms. The lowest BCUT2D eigenvalue weighted by Gasteiger charge is -2.09. The van der Waals surface area contributed by atoms with Crippen LogP contribution in [0.1, 0.15) is 13.3 Å². The van der Waals surface area contributed by atoms with Crippen LogP contribution in [0.2, 0.25) is 0 Å². The summed E-state index contributed by atoms with van der Waals surface area (Å²) in [6.07, 6.45) is 3.93. The molecule has 3 aromatic heterocycles. The van der Waals surface area contributed by atoms with E-state index in [4.69, 9.17) is 0 Å². The molecule has 4 aromatic rings. The Hall–Kier alpha value is -3.33. The average Bonchev–Trinajstić information content (AvgIpc) is 3.11. The molecular formula is C19H18N6O2S. The van der Waals surface area contributed by atoms with Crippen LogP contribution in [0.3, 0.4) is 0 Å². The summed E-state index contributed by atoms with van der Waals surface area (Å²) in [5, 5.41) is 13.0. The number of nitrogens with one attached hydrogen (secondary N) is 1. The van der Waals surface area contributed by atoms with Gasteiger partial charge in [-0.2, -0.15) is 9.61 Å². The number of nitrogens with zero attached hydrogens (tertiary/aromatic N) is 5. The number of anilines is 1. The number of hydrogen-bond donors (Lipinski definition) is 1. The minimum absolute atomic E-state index is 0.0808. The molecule has 0 saturated heterocycles. The Balaban J connectivity index is 1.73. The molecule has 9 heteroatoms. The van der Waals surface area contributed by atoms with E-state index in [9.17, 15) is 8.42 Å². The smallest absolute Gasteiger partial charge is 0.232 e. The molecule has 8 nitrogen and oxygen atoms in total. The monoisotopic (exact) mass is 394 g/mol. The summed E-state index contributed by atoms with van der Waals surface area (Å²) in [5.41, 5.74) is 3.45. The molecule has 0 aliphatic carbocycles. The van der Waals surface area contributed by atoms with Crippen LogP contribution < -0.4 is 4.72 Å². The van der Waals surface area contributed by atoms with Gasteiger partial charge in [0.1, 0.15) is 0 Å². The zero-order valence-corrected chi connectivity index (χ0v) is 16.0. The molecule has 0 unspecified atom stereocenters. The Morgan fingerprint density at radius 3 is 2.61 bits per heavy atom. The van der Waals surface area contributed by atoms with Crippen molar-refractivity contribution in [2.75, 3.05) is 10.5 Å². The third-order valence-corrected chi connectivity index (χ3v) is 5.60. The molecule has 0 saturated carbocycles. The summed E-state index contributed by atoms with van der Waals surface area (Å²) in [5.74, 6) is 0.691. The molecule has 1 N–H and O–H groups in total. The first-order valence-electron chi connectivity index (χ1n) is 8.79. The van der Waals surface area contributed by atoms with E-state index in [1.54, 1.807) is 35.1 Å². The summed E-state index contributed by atoms with van der Waals surface area (Å²) in [7, 11) is -3.35. The van der Waals surface area contributed by atoms with Crippen LogP contribution in [0.5, 0.6) is 0 Å². The lowest BCUT2D eigenvalue weighted by atomic mass is 10.1. The standard InChI is InChI=1S/C19H18N6O2S/c1-2-12-28(26,27)24-16-5-3-4-15(13-16)17-6-7-18-21-22-19(25(18)23-17)14-8-10-20-11-9-14/h3-11,13,24H,2,12H2,1H3. The van der Waals surface area contributed by atoms with Crippen molar-refractivity contribution in [2.45, 2.75) is 13.3 Å². The second-order valence-electron chi connectivity index (χ2n) is 6.25. The van der Waals surface area contributed by atoms with Crippen molar-refractivity contribution >= 4 is 21.4 Å². The molecule has 0 amide bonds. The third-order valence-electron chi connectivity index (χ3n) is 4.11. The molecule has 4 rings (SSSR count). The average molecular weight is 394 g/mol. The first-order chi connectivity index (χ1) is 13.6. The molecule has 0 atom stereocenters. The molecule has 0 spiro atoms. The lowest BCUT2D eigenvalue weighted by Crippen LogP contribution is -2.16. The van der Waals surface area contributed by atoms with Crippen LogP contribution in [-0.2, 0) is 10.0 Å². The quantitative estimate of drug-likeness (QED) is 0.539. The van der Waals surface area contributed by atoms with Gasteiger partial charge in [0.15, 0.2) is 11.5 Å². The molecule has 0 fully saturated rings. The number of benzene rings is 1. The Morgan fingerprint density at radius 2 is 1.82 bits per heavy atom. The highest BCUT2D eigenvalue weighted by Gasteiger charge is 2.12. The van der Waals surface area contributed by atoms with Gasteiger partial charge in [0.25, 0.3) is 0 Å². The summed E-state index contributed by atoms with van der Waals surface area (Å²) in [4.78, 5) is 4.02. The number of aromatic nitrogens is 5. The van der Waals surface area contributed by atoms with Crippen LogP contribution in [-0.4, -0.2) is 39.0 Å². The van der Waals surface area contributed by atoms with Gasteiger partial charge in [-0.15, -0.1) is 10.2 Å². The normalized spacial score (nSPS) is 11.6. The molecule has 0 radical (unpaired) electrons. The minimum atomic E-state index is -3.35. The van der Waals surface area contributed by atoms with Gasteiger partial charge in [-0.3, -0.25) is 9.71 Å². The van der Waals surface area contributed by atoms with Crippen molar-refractivity contribution < 1.29 is 8.42 Å². The van der Waals surface area contributed by atoms with Crippen molar-refractivity contribution in [1.29, 1.82) is 0 Å². The first kappa shape index (κ1) is 18.1. The van der Waals surface area contributed by atoms with Gasteiger partial charge in [-0.05, 0) is 42.8 Å². The van der Waals surface area contributed by atoms with Crippen molar-refractivity contribution in [3.8, 4) is 22.6 Å². The Labute approximate surface area is 162 Å². The molecule has 0 aliphatic heterocycles. The largest absolute Gasteiger partial charge is 0.284 e. The third kappa shape index (κ3) is 3.70. The molecular weight excluding hydrogens is 376 g/mol. The highest BCUT2D eigenvalue weighted by atomic mass is 32.2. The van der Waals surface area contributed by atoms with Crippen molar-refractivity contribution in [1.82, 2.24) is 24.8 Å². The predicted octanol–water partition coefficient (Wildman–Crippen LogP) is 3.01. The SMILES string of the molecule is CCCS(=O)(=O)Nc1cccc(-c2ccc3nnc(-c4ccncc4)n3n2)c1. The van der Waals surface area contributed by atoms with Gasteiger partial charge < -0.3 is 0 Å². The van der Waals surface area contributed by atoms with E-state index in [1.807, 2.05) is 37.3 Å². The fourth-order valence-corrected chi connectivity index (χ4v) is 3.99. The molecule has 0 aliphatic rings. The van der Waals surface area contributed by atoms with Crippen molar-refractivity contribution in [2.24, 2.45) is 0 Å². The van der Waals surface area contributed by atoms with Gasteiger partial charge in [-0.25, -0.2) is 8.42 Å². The van der Waals surface area contributed by atoms with Gasteiger partial charge in [0, 0.05) is 29.2 Å². The maximum atomic E-state index is 12.0. The van der Waals surface area contributed by atoms with Gasteiger partial charge >= 0.3 is 0 Å². The first-order valence-corrected chi connectivity index (χ1v) is 10.4. The fourth-order valence-electron chi connectivity index (χ4n) is 2.87. The van der Waals surface area contributed by atoms with Crippen LogP contribution in [0.15, 0.2) is 60.9 Å². The number of hydrogen-bond acceptors (Lipinski definition) is 6. The second kappa shape index (κ2) is 7.35. The van der Waals surface area contributed by atoms with E-state index in [0.717, 1.165) is 11.1 Å². The van der Waals surface area contributed by atoms with Crippen molar-refractivity contribution in [3.05, 3.63) is 60.9 Å². The fraction of sp³-hybridized carbons (Fsp3) is 0.158. The van der Waals surface area contributed by atoms with E-state index >= 15 is 0 Å². The van der Waals surface area contributed by atoms with E-state index < -0.39 is 10.0 Å². The van der Waals surface area contributed by atoms with E-state index in [0.29, 0.717) is 29.3 Å². The number of pyridine rings is 1. The zero-order valence-electron chi connectivity index (χ0n) is 15.1. The van der Waals surface area contributed by atoms with Gasteiger partial charge in [0.2, 0.25) is 10.0 Å². The van der Waals surface area contributed by atoms with Crippen LogP contribution in [0.25, 0.3) is 28.3 Å². The Morgan fingerprint density at radius 1 is 1.00 bits per heavy atom. The predicted molar refractivity (Wildman–Crippen MR) is 107 cm³/mol. The highest BCUT2D eigenvalue weighted by Crippen LogP contribution is 2.23. The molecule has 3 heterocycles. The van der Waals surface area contributed by atoms with E-state index in [2.05, 4.69) is 25.0 Å². The summed E-state index contributed by atoms with van der Waals surface area (Å²) in [6, 6.07) is 14.5. The topological polar surface area (TPSA) is 102 Å². The maximum Gasteiger partial charge on any atom is 0.232 e. The highest BCUT2D eigenvalue weighted by molar-refractivity contribution is 7.92. The van der Waals surface area contributed by atoms with Gasteiger partial charge in [0.05, 0.1) is 11.4 Å². The van der Waals surface area contributed by atoms with E-state index in [1.165, 1.54) is 0 Å².